The number of hydrogen-bond donors (Lipinski definition) is 0. The van der Waals surface area contributed by atoms with Crippen LogP contribution in [0.5, 0.6) is 0 Å². The lowest BCUT2D eigenvalue weighted by Crippen LogP contribution is -2.21. The topological polar surface area (TPSA) is 81.9 Å². The van der Waals surface area contributed by atoms with Crippen LogP contribution in [0.4, 0.5) is 0 Å². The average Bonchev–Trinajstić information content (AvgIpc) is 2.29. The van der Waals surface area contributed by atoms with Gasteiger partial charge in [0, 0.05) is 24.4 Å². The second kappa shape index (κ2) is 4.43. The Bertz CT molecular complexity index is 783. The van der Waals surface area contributed by atoms with Crippen LogP contribution in [-0.4, -0.2) is 29.2 Å². The van der Waals surface area contributed by atoms with Gasteiger partial charge in [0.25, 0.3) is 5.56 Å². The van der Waals surface area contributed by atoms with Gasteiger partial charge in [0.2, 0.25) is 15.0 Å². The fourth-order valence-corrected chi connectivity index (χ4v) is 2.54. The van der Waals surface area contributed by atoms with Crippen LogP contribution < -0.4 is 5.56 Å². The Morgan fingerprint density at radius 3 is 2.67 bits per heavy atom. The number of nitrogens with zero attached hydrogens (tertiary/aromatic N) is 3. The number of aromatic nitrogens is 3. The molecule has 2 aromatic rings. The molecule has 0 aromatic carbocycles. The summed E-state index contributed by atoms with van der Waals surface area (Å²) >= 11 is 3.16. The first kappa shape index (κ1) is 13.2. The van der Waals surface area contributed by atoms with Gasteiger partial charge in [-0.25, -0.2) is 13.4 Å². The van der Waals surface area contributed by atoms with Gasteiger partial charge in [-0.05, 0) is 28.9 Å². The summed E-state index contributed by atoms with van der Waals surface area (Å²) in [5.41, 5.74) is 0.0734. The molecular formula is C10H10BrN3O3S. The summed E-state index contributed by atoms with van der Waals surface area (Å²) in [6.45, 7) is 2.19. The predicted octanol–water partition coefficient (Wildman–Crippen LogP) is 0.977. The zero-order chi connectivity index (χ0) is 13.5. The molecule has 8 heteroatoms. The van der Waals surface area contributed by atoms with Crippen LogP contribution in [-0.2, 0) is 16.4 Å². The Morgan fingerprint density at radius 2 is 2.11 bits per heavy atom. The van der Waals surface area contributed by atoms with Gasteiger partial charge in [-0.1, -0.05) is 0 Å². The van der Waals surface area contributed by atoms with E-state index in [-0.39, 0.29) is 10.7 Å². The first-order valence-electron chi connectivity index (χ1n) is 5.10. The monoisotopic (exact) mass is 331 g/mol. The summed E-state index contributed by atoms with van der Waals surface area (Å²) in [5, 5.41) is 0.328. The molecule has 0 aliphatic heterocycles. The van der Waals surface area contributed by atoms with Gasteiger partial charge in [-0.15, -0.1) is 0 Å². The minimum Gasteiger partial charge on any atom is -0.292 e. The summed E-state index contributed by atoms with van der Waals surface area (Å²) in [6, 6.07) is 1.58. The number of aryl methyl sites for hydroxylation is 1. The zero-order valence-electron chi connectivity index (χ0n) is 9.71. The molecule has 2 heterocycles. The van der Waals surface area contributed by atoms with Gasteiger partial charge >= 0.3 is 0 Å². The molecule has 18 heavy (non-hydrogen) atoms. The molecule has 0 aliphatic rings. The van der Waals surface area contributed by atoms with Gasteiger partial charge in [-0.3, -0.25) is 9.36 Å². The second-order valence-corrected chi connectivity index (χ2v) is 6.51. The van der Waals surface area contributed by atoms with Gasteiger partial charge in [0.1, 0.15) is 5.65 Å². The highest BCUT2D eigenvalue weighted by atomic mass is 79.9. The van der Waals surface area contributed by atoms with Crippen LogP contribution in [0.25, 0.3) is 11.0 Å². The molecule has 0 aliphatic carbocycles. The molecule has 2 aromatic heterocycles. The van der Waals surface area contributed by atoms with Crippen molar-refractivity contribution in [3.05, 3.63) is 27.1 Å². The van der Waals surface area contributed by atoms with E-state index in [9.17, 15) is 13.2 Å². The van der Waals surface area contributed by atoms with Gasteiger partial charge in [-0.2, -0.15) is 4.98 Å². The predicted molar refractivity (Wildman–Crippen MR) is 70.3 cm³/mol. The van der Waals surface area contributed by atoms with E-state index >= 15 is 0 Å². The van der Waals surface area contributed by atoms with Crippen LogP contribution in [0, 0.1) is 0 Å². The lowest BCUT2D eigenvalue weighted by atomic mass is 10.3. The number of sulfone groups is 1. The van der Waals surface area contributed by atoms with Crippen molar-refractivity contribution >= 4 is 36.8 Å². The highest BCUT2D eigenvalue weighted by molar-refractivity contribution is 9.10. The van der Waals surface area contributed by atoms with Crippen molar-refractivity contribution < 1.29 is 8.42 Å². The van der Waals surface area contributed by atoms with Crippen LogP contribution >= 0.6 is 15.9 Å². The normalized spacial score (nSPS) is 11.9. The lowest BCUT2D eigenvalue weighted by Gasteiger charge is -2.08. The Kier molecular flexibility index (Phi) is 3.24. The van der Waals surface area contributed by atoms with Crippen LogP contribution in [0.2, 0.25) is 0 Å². The molecular weight excluding hydrogens is 322 g/mol. The number of pyridine rings is 1. The molecule has 0 radical (unpaired) electrons. The molecule has 0 saturated heterocycles. The molecule has 6 nitrogen and oxygen atoms in total. The maximum absolute atomic E-state index is 11.9. The zero-order valence-corrected chi connectivity index (χ0v) is 12.1. The van der Waals surface area contributed by atoms with Crippen LogP contribution in [0.15, 0.2) is 26.7 Å². The molecule has 2 rings (SSSR count). The Balaban J connectivity index is 2.93. The third kappa shape index (κ3) is 2.17. The summed E-state index contributed by atoms with van der Waals surface area (Å²) in [5.74, 6) is 0. The molecule has 0 saturated carbocycles. The second-order valence-electron chi connectivity index (χ2n) is 3.75. The lowest BCUT2D eigenvalue weighted by molar-refractivity contribution is 0.593. The number of hydrogen-bond acceptors (Lipinski definition) is 5. The standard InChI is InChI=1S/C10H10BrN3O3S/c1-3-14-8-6(4-7(11)9(14)15)5-12-10(13-8)18(2,16)17/h4-5H,3H2,1-2H3. The fourth-order valence-electron chi connectivity index (χ4n) is 1.58. The minimum absolute atomic E-state index is 0.247. The van der Waals surface area contributed by atoms with E-state index in [1.54, 1.807) is 13.0 Å². The van der Waals surface area contributed by atoms with E-state index in [1.807, 2.05) is 0 Å². The SMILES string of the molecule is CCn1c(=O)c(Br)cc2cnc(S(C)(=O)=O)nc21. The Morgan fingerprint density at radius 1 is 1.44 bits per heavy atom. The van der Waals surface area contributed by atoms with Gasteiger partial charge < -0.3 is 0 Å². The van der Waals surface area contributed by atoms with E-state index < -0.39 is 9.84 Å². The first-order chi connectivity index (χ1) is 8.34. The third-order valence-corrected chi connectivity index (χ3v) is 3.84. The van der Waals surface area contributed by atoms with Crippen molar-refractivity contribution in [2.45, 2.75) is 18.6 Å². The van der Waals surface area contributed by atoms with E-state index in [0.717, 1.165) is 6.26 Å². The van der Waals surface area contributed by atoms with Crippen molar-refractivity contribution in [2.75, 3.05) is 6.26 Å². The number of rotatable bonds is 2. The first-order valence-corrected chi connectivity index (χ1v) is 7.79. The fraction of sp³-hybridized carbons (Fsp3) is 0.300. The molecule has 0 fully saturated rings. The summed E-state index contributed by atoms with van der Waals surface area (Å²) in [7, 11) is -3.49. The summed E-state index contributed by atoms with van der Waals surface area (Å²) in [4.78, 5) is 19.6. The molecule has 0 bridgehead atoms. The van der Waals surface area contributed by atoms with Gasteiger partial charge in [0.15, 0.2) is 0 Å². The molecule has 0 N–H and O–H groups in total. The Labute approximate surface area is 112 Å². The van der Waals surface area contributed by atoms with E-state index in [0.29, 0.717) is 22.1 Å². The van der Waals surface area contributed by atoms with Crippen LogP contribution in [0.3, 0.4) is 0 Å². The Hall–Kier alpha value is -1.28. The van der Waals surface area contributed by atoms with Crippen molar-refractivity contribution in [3.8, 4) is 0 Å². The third-order valence-electron chi connectivity index (χ3n) is 2.41. The number of fused-ring (bicyclic) bond motifs is 1. The van der Waals surface area contributed by atoms with Crippen molar-refractivity contribution in [1.29, 1.82) is 0 Å². The molecule has 0 spiro atoms. The van der Waals surface area contributed by atoms with E-state index in [4.69, 9.17) is 0 Å². The quantitative estimate of drug-likeness (QED) is 0.766. The summed E-state index contributed by atoms with van der Waals surface area (Å²) in [6.07, 6.45) is 2.43. The smallest absolute Gasteiger partial charge is 0.266 e. The summed E-state index contributed by atoms with van der Waals surface area (Å²) < 4.78 is 24.6. The maximum atomic E-state index is 11.9. The molecule has 0 unspecified atom stereocenters. The highest BCUT2D eigenvalue weighted by Gasteiger charge is 2.14. The van der Waals surface area contributed by atoms with Crippen LogP contribution in [0.1, 0.15) is 6.92 Å². The van der Waals surface area contributed by atoms with Crippen molar-refractivity contribution in [1.82, 2.24) is 14.5 Å². The minimum atomic E-state index is -3.49. The molecule has 0 amide bonds. The van der Waals surface area contributed by atoms with E-state index in [1.165, 1.54) is 10.8 Å². The number of halogens is 1. The average molecular weight is 332 g/mol. The highest BCUT2D eigenvalue weighted by Crippen LogP contribution is 2.15. The van der Waals surface area contributed by atoms with Crippen molar-refractivity contribution in [3.63, 3.8) is 0 Å². The van der Waals surface area contributed by atoms with Gasteiger partial charge in [0.05, 0.1) is 4.47 Å². The molecule has 96 valence electrons. The van der Waals surface area contributed by atoms with Crippen molar-refractivity contribution in [2.24, 2.45) is 0 Å². The van der Waals surface area contributed by atoms with E-state index in [2.05, 4.69) is 25.9 Å². The largest absolute Gasteiger partial charge is 0.292 e. The molecule has 0 atom stereocenters. The maximum Gasteiger partial charge on any atom is 0.266 e.